The number of carbonyl (C=O) groups is 1. The quantitative estimate of drug-likeness (QED) is 0.316. The monoisotopic (exact) mass is 276 g/mol. The van der Waals surface area contributed by atoms with Crippen LogP contribution < -0.4 is 11.1 Å². The minimum Gasteiger partial charge on any atom is -0.409 e. The lowest BCUT2D eigenvalue weighted by Crippen LogP contribution is -2.36. The van der Waals surface area contributed by atoms with Gasteiger partial charge in [-0.1, -0.05) is 29.4 Å². The topological polar surface area (TPSA) is 91.0 Å². The molecule has 0 saturated carbocycles. The van der Waals surface area contributed by atoms with Gasteiger partial charge in [0.25, 0.3) is 0 Å². The van der Waals surface area contributed by atoms with Crippen LogP contribution in [0.1, 0.15) is 24.0 Å². The molecular formula is C14H20N4O2. The lowest BCUT2D eigenvalue weighted by molar-refractivity contribution is -0.129. The summed E-state index contributed by atoms with van der Waals surface area (Å²) in [6.07, 6.45) is 2.19. The summed E-state index contributed by atoms with van der Waals surface area (Å²) >= 11 is 0. The van der Waals surface area contributed by atoms with E-state index in [-0.39, 0.29) is 11.7 Å². The molecule has 1 fully saturated rings. The van der Waals surface area contributed by atoms with Crippen molar-refractivity contribution in [3.63, 3.8) is 0 Å². The molecule has 0 spiro atoms. The maximum Gasteiger partial charge on any atom is 0.236 e. The van der Waals surface area contributed by atoms with Gasteiger partial charge in [-0.3, -0.25) is 4.79 Å². The Morgan fingerprint density at radius 2 is 2.05 bits per heavy atom. The number of benzene rings is 1. The molecule has 1 saturated heterocycles. The SMILES string of the molecule is N/C(=N/O)c1ccccc1CNCC(=O)N1CCCC1. The van der Waals surface area contributed by atoms with Crippen LogP contribution in [-0.4, -0.2) is 41.5 Å². The molecule has 1 amide bonds. The van der Waals surface area contributed by atoms with Crippen LogP contribution in [0.2, 0.25) is 0 Å². The van der Waals surface area contributed by atoms with Gasteiger partial charge in [0.15, 0.2) is 5.84 Å². The van der Waals surface area contributed by atoms with Crippen LogP contribution in [0.15, 0.2) is 29.4 Å². The van der Waals surface area contributed by atoms with E-state index in [0.717, 1.165) is 31.5 Å². The van der Waals surface area contributed by atoms with E-state index in [1.807, 2.05) is 23.1 Å². The third kappa shape index (κ3) is 3.48. The smallest absolute Gasteiger partial charge is 0.236 e. The molecule has 1 aliphatic heterocycles. The number of carbonyl (C=O) groups excluding carboxylic acids is 1. The number of oxime groups is 1. The van der Waals surface area contributed by atoms with Gasteiger partial charge >= 0.3 is 0 Å². The molecule has 1 aromatic rings. The summed E-state index contributed by atoms with van der Waals surface area (Å²) in [4.78, 5) is 13.8. The van der Waals surface area contributed by atoms with Crippen molar-refractivity contribution < 1.29 is 10.0 Å². The Hall–Kier alpha value is -2.08. The molecule has 0 bridgehead atoms. The second-order valence-electron chi connectivity index (χ2n) is 4.83. The predicted molar refractivity (Wildman–Crippen MR) is 76.5 cm³/mol. The van der Waals surface area contributed by atoms with E-state index in [9.17, 15) is 4.79 Å². The number of nitrogens with one attached hydrogen (secondary N) is 1. The van der Waals surface area contributed by atoms with Gasteiger partial charge in [0.2, 0.25) is 5.91 Å². The lowest BCUT2D eigenvalue weighted by Gasteiger charge is -2.16. The lowest BCUT2D eigenvalue weighted by atomic mass is 10.1. The summed E-state index contributed by atoms with van der Waals surface area (Å²) in [5.41, 5.74) is 7.20. The highest BCUT2D eigenvalue weighted by Crippen LogP contribution is 2.09. The first kappa shape index (κ1) is 14.3. The maximum atomic E-state index is 11.9. The average molecular weight is 276 g/mol. The highest BCUT2D eigenvalue weighted by atomic mass is 16.4. The van der Waals surface area contributed by atoms with E-state index in [4.69, 9.17) is 10.9 Å². The number of hydrogen-bond donors (Lipinski definition) is 3. The van der Waals surface area contributed by atoms with Crippen molar-refractivity contribution in [2.75, 3.05) is 19.6 Å². The maximum absolute atomic E-state index is 11.9. The van der Waals surface area contributed by atoms with Crippen molar-refractivity contribution in [1.82, 2.24) is 10.2 Å². The number of rotatable bonds is 5. The Morgan fingerprint density at radius 3 is 2.75 bits per heavy atom. The van der Waals surface area contributed by atoms with Crippen molar-refractivity contribution in [1.29, 1.82) is 0 Å². The van der Waals surface area contributed by atoms with Crippen molar-refractivity contribution >= 4 is 11.7 Å². The van der Waals surface area contributed by atoms with Crippen molar-refractivity contribution in [2.45, 2.75) is 19.4 Å². The van der Waals surface area contributed by atoms with E-state index < -0.39 is 0 Å². The Kier molecular flexibility index (Phi) is 4.95. The first-order chi connectivity index (χ1) is 9.72. The summed E-state index contributed by atoms with van der Waals surface area (Å²) in [6, 6.07) is 7.38. The second-order valence-corrected chi connectivity index (χ2v) is 4.83. The summed E-state index contributed by atoms with van der Waals surface area (Å²) in [6.45, 7) is 2.54. The van der Waals surface area contributed by atoms with Gasteiger partial charge < -0.3 is 21.2 Å². The number of hydrogen-bond acceptors (Lipinski definition) is 4. The fraction of sp³-hybridized carbons (Fsp3) is 0.429. The van der Waals surface area contributed by atoms with Gasteiger partial charge in [-0.05, 0) is 18.4 Å². The Bertz CT molecular complexity index is 496. The second kappa shape index (κ2) is 6.91. The molecule has 20 heavy (non-hydrogen) atoms. The number of likely N-dealkylation sites (tertiary alicyclic amines) is 1. The molecule has 0 radical (unpaired) electrons. The van der Waals surface area contributed by atoms with Gasteiger partial charge in [-0.25, -0.2) is 0 Å². The molecule has 0 aromatic heterocycles. The van der Waals surface area contributed by atoms with Crippen LogP contribution in [0, 0.1) is 0 Å². The first-order valence-electron chi connectivity index (χ1n) is 6.76. The van der Waals surface area contributed by atoms with E-state index >= 15 is 0 Å². The van der Waals surface area contributed by atoms with Crippen molar-refractivity contribution in [2.24, 2.45) is 10.9 Å². The minimum absolute atomic E-state index is 0.0771. The summed E-state index contributed by atoms with van der Waals surface area (Å²) in [5.74, 6) is 0.206. The Balaban J connectivity index is 1.89. The number of nitrogens with zero attached hydrogens (tertiary/aromatic N) is 2. The van der Waals surface area contributed by atoms with Gasteiger partial charge in [0, 0.05) is 25.2 Å². The van der Waals surface area contributed by atoms with Gasteiger partial charge in [0.05, 0.1) is 6.54 Å². The van der Waals surface area contributed by atoms with Crippen LogP contribution >= 0.6 is 0 Å². The molecule has 0 aliphatic carbocycles. The normalized spacial score (nSPS) is 15.6. The molecule has 4 N–H and O–H groups in total. The van der Waals surface area contributed by atoms with Crippen LogP contribution in [0.25, 0.3) is 0 Å². The largest absolute Gasteiger partial charge is 0.409 e. The third-order valence-corrected chi connectivity index (χ3v) is 3.45. The summed E-state index contributed by atoms with van der Waals surface area (Å²) in [7, 11) is 0. The van der Waals surface area contributed by atoms with Crippen LogP contribution in [0.3, 0.4) is 0 Å². The zero-order chi connectivity index (χ0) is 14.4. The minimum atomic E-state index is 0.0771. The zero-order valence-corrected chi connectivity index (χ0v) is 11.4. The molecule has 108 valence electrons. The van der Waals surface area contributed by atoms with Crippen LogP contribution in [-0.2, 0) is 11.3 Å². The van der Waals surface area contributed by atoms with E-state index in [0.29, 0.717) is 18.7 Å². The molecular weight excluding hydrogens is 256 g/mol. The summed E-state index contributed by atoms with van der Waals surface area (Å²) in [5, 5.41) is 14.9. The molecule has 2 rings (SSSR count). The van der Waals surface area contributed by atoms with Gasteiger partial charge in [-0.2, -0.15) is 0 Å². The van der Waals surface area contributed by atoms with E-state index in [1.54, 1.807) is 6.07 Å². The highest BCUT2D eigenvalue weighted by molar-refractivity contribution is 5.98. The fourth-order valence-corrected chi connectivity index (χ4v) is 2.36. The number of amidine groups is 1. The third-order valence-electron chi connectivity index (χ3n) is 3.45. The molecule has 1 aromatic carbocycles. The van der Waals surface area contributed by atoms with Crippen LogP contribution in [0.5, 0.6) is 0 Å². The fourth-order valence-electron chi connectivity index (χ4n) is 2.36. The van der Waals surface area contributed by atoms with E-state index in [1.165, 1.54) is 0 Å². The number of amides is 1. The zero-order valence-electron chi connectivity index (χ0n) is 11.4. The Morgan fingerprint density at radius 1 is 1.35 bits per heavy atom. The highest BCUT2D eigenvalue weighted by Gasteiger charge is 2.17. The van der Waals surface area contributed by atoms with Crippen LogP contribution in [0.4, 0.5) is 0 Å². The van der Waals surface area contributed by atoms with Gasteiger partial charge in [-0.15, -0.1) is 0 Å². The predicted octanol–water partition coefficient (Wildman–Crippen LogP) is 0.493. The molecule has 1 aliphatic rings. The molecule has 0 unspecified atom stereocenters. The number of nitrogens with two attached hydrogens (primary N) is 1. The van der Waals surface area contributed by atoms with E-state index in [2.05, 4.69) is 10.5 Å². The molecule has 6 nitrogen and oxygen atoms in total. The summed E-state index contributed by atoms with van der Waals surface area (Å²) < 4.78 is 0. The van der Waals surface area contributed by atoms with Crippen molar-refractivity contribution in [3.05, 3.63) is 35.4 Å². The average Bonchev–Trinajstić information content (AvgIpc) is 3.01. The Labute approximate surface area is 118 Å². The van der Waals surface area contributed by atoms with Crippen molar-refractivity contribution in [3.8, 4) is 0 Å². The molecule has 6 heteroatoms. The molecule has 1 heterocycles. The first-order valence-corrected chi connectivity index (χ1v) is 6.76. The molecule has 0 atom stereocenters. The van der Waals surface area contributed by atoms with Gasteiger partial charge in [0.1, 0.15) is 0 Å². The standard InChI is InChI=1S/C14H20N4O2/c15-14(17-20)12-6-2-1-5-11(12)9-16-10-13(19)18-7-3-4-8-18/h1-2,5-6,16,20H,3-4,7-10H2,(H2,15,17).